The molecule has 0 radical (unpaired) electrons. The maximum atomic E-state index is 13.9. The standard InChI is InChI=1S/C27H40N2O2/c1-6-8-17(7-2)18-9-10-21-24(18,4)12-11-22-25(5)15-20(29-31)16(3)13-27(25,28)23(30)19-14-26(19,21)22/h16-22H,7,9-15,28H2,1-5H3/t16?,17?,18?,19?,20?,21?,22?,24-,25-,26?,27?/m1/s1. The van der Waals surface area contributed by atoms with Crippen molar-refractivity contribution in [1.82, 2.24) is 0 Å². The van der Waals surface area contributed by atoms with Gasteiger partial charge >= 0.3 is 0 Å². The van der Waals surface area contributed by atoms with E-state index < -0.39 is 5.54 Å². The van der Waals surface area contributed by atoms with Gasteiger partial charge in [0.15, 0.2) is 5.78 Å². The van der Waals surface area contributed by atoms with Gasteiger partial charge in [-0.05, 0) is 98.2 Å². The second-order valence-electron chi connectivity index (χ2n) is 12.4. The summed E-state index contributed by atoms with van der Waals surface area (Å²) in [7, 11) is 0. The van der Waals surface area contributed by atoms with Gasteiger partial charge in [0.2, 0.25) is 0 Å². The van der Waals surface area contributed by atoms with E-state index >= 15 is 0 Å². The van der Waals surface area contributed by atoms with E-state index in [4.69, 9.17) is 5.73 Å². The van der Waals surface area contributed by atoms with Crippen molar-refractivity contribution in [3.8, 4) is 11.8 Å². The molecule has 31 heavy (non-hydrogen) atoms. The number of fused-ring (bicyclic) bond motifs is 3. The van der Waals surface area contributed by atoms with Gasteiger partial charge in [-0.2, -0.15) is 4.91 Å². The number of ketones is 1. The van der Waals surface area contributed by atoms with Gasteiger partial charge in [0, 0.05) is 11.8 Å². The Morgan fingerprint density at radius 3 is 2.55 bits per heavy atom. The number of rotatable bonds is 3. The Bertz CT molecular complexity index is 874. The molecule has 0 aromatic carbocycles. The van der Waals surface area contributed by atoms with E-state index in [1.54, 1.807) is 0 Å². The van der Waals surface area contributed by atoms with Crippen molar-refractivity contribution >= 4 is 5.78 Å². The topological polar surface area (TPSA) is 72.5 Å². The van der Waals surface area contributed by atoms with E-state index in [1.165, 1.54) is 19.3 Å². The van der Waals surface area contributed by atoms with Crippen molar-refractivity contribution in [2.45, 2.75) is 97.6 Å². The van der Waals surface area contributed by atoms with Gasteiger partial charge in [0.05, 0.1) is 11.6 Å². The Hall–Kier alpha value is -1.21. The van der Waals surface area contributed by atoms with Crippen LogP contribution < -0.4 is 5.73 Å². The Balaban J connectivity index is 1.55. The molecule has 5 aliphatic rings. The molecule has 0 saturated heterocycles. The molecule has 0 aliphatic heterocycles. The molecule has 5 aliphatic carbocycles. The summed E-state index contributed by atoms with van der Waals surface area (Å²) in [4.78, 5) is 25.6. The lowest BCUT2D eigenvalue weighted by Crippen LogP contribution is -2.72. The smallest absolute Gasteiger partial charge is 0.156 e. The Kier molecular flexibility index (Phi) is 4.64. The number of nitrogens with two attached hydrogens (primary N) is 1. The molecular weight excluding hydrogens is 384 g/mol. The molecule has 9 unspecified atom stereocenters. The Morgan fingerprint density at radius 2 is 1.90 bits per heavy atom. The molecule has 1 spiro atoms. The number of carbonyl (C=O) groups excluding carboxylic acids is 1. The van der Waals surface area contributed by atoms with E-state index in [-0.39, 0.29) is 34.1 Å². The van der Waals surface area contributed by atoms with Crippen LogP contribution in [0.2, 0.25) is 0 Å². The highest BCUT2D eigenvalue weighted by Gasteiger charge is 2.82. The van der Waals surface area contributed by atoms with Gasteiger partial charge in [0.25, 0.3) is 0 Å². The van der Waals surface area contributed by atoms with Crippen LogP contribution in [0.4, 0.5) is 0 Å². The summed E-state index contributed by atoms with van der Waals surface area (Å²) in [6, 6.07) is -0.212. The third-order valence-corrected chi connectivity index (χ3v) is 11.6. The van der Waals surface area contributed by atoms with Crippen LogP contribution >= 0.6 is 0 Å². The lowest BCUT2D eigenvalue weighted by molar-refractivity contribution is -0.166. The zero-order valence-electron chi connectivity index (χ0n) is 20.0. The molecule has 11 atom stereocenters. The molecule has 0 aromatic rings. The highest BCUT2D eigenvalue weighted by atomic mass is 16.3. The highest BCUT2D eigenvalue weighted by Crippen LogP contribution is 2.82. The van der Waals surface area contributed by atoms with Crippen molar-refractivity contribution in [3.63, 3.8) is 0 Å². The van der Waals surface area contributed by atoms with Crippen LogP contribution in [0.1, 0.15) is 86.0 Å². The molecule has 5 rings (SSSR count). The van der Waals surface area contributed by atoms with E-state index in [9.17, 15) is 9.70 Å². The van der Waals surface area contributed by atoms with Crippen LogP contribution in [-0.4, -0.2) is 17.4 Å². The highest BCUT2D eigenvalue weighted by molar-refractivity contribution is 5.96. The summed E-state index contributed by atoms with van der Waals surface area (Å²) in [5.74, 6) is 9.41. The molecule has 5 saturated carbocycles. The molecule has 2 N–H and O–H groups in total. The summed E-state index contributed by atoms with van der Waals surface area (Å²) >= 11 is 0. The SMILES string of the molecule is CC#CC(CC)C1CCC2C34CC3C(=O)C3(N)CC(C)C(N=O)C[C@]3(C)C4CC[C@]12C. The molecule has 4 nitrogen and oxygen atoms in total. The number of carbonyl (C=O) groups is 1. The van der Waals surface area contributed by atoms with Crippen molar-refractivity contribution in [2.24, 2.45) is 62.7 Å². The molecule has 0 bridgehead atoms. The molecule has 0 aromatic heterocycles. The Labute approximate surface area is 187 Å². The zero-order chi connectivity index (χ0) is 22.4. The molecule has 0 amide bonds. The minimum atomic E-state index is -0.783. The lowest BCUT2D eigenvalue weighted by Gasteiger charge is -2.64. The monoisotopic (exact) mass is 424 g/mol. The average molecular weight is 425 g/mol. The summed E-state index contributed by atoms with van der Waals surface area (Å²) in [5, 5.41) is 3.51. The number of nitroso groups, excluding NO2 is 1. The van der Waals surface area contributed by atoms with Crippen LogP contribution in [0.3, 0.4) is 0 Å². The fourth-order valence-corrected chi connectivity index (χ4v) is 10.1. The number of Topliss-reactive ketones (excluding diaryl/α,β-unsaturated/α-hetero) is 1. The molecule has 5 fully saturated rings. The summed E-state index contributed by atoms with van der Waals surface area (Å²) in [6.07, 6.45) is 8.26. The van der Waals surface area contributed by atoms with Gasteiger partial charge in [-0.25, -0.2) is 0 Å². The van der Waals surface area contributed by atoms with Crippen molar-refractivity contribution in [3.05, 3.63) is 4.91 Å². The van der Waals surface area contributed by atoms with Crippen LogP contribution in [0.5, 0.6) is 0 Å². The fourth-order valence-electron chi connectivity index (χ4n) is 10.1. The molecule has 0 heterocycles. The summed E-state index contributed by atoms with van der Waals surface area (Å²) in [5.41, 5.74) is 6.35. The van der Waals surface area contributed by atoms with Crippen LogP contribution in [0.25, 0.3) is 0 Å². The number of hydrogen-bond acceptors (Lipinski definition) is 4. The van der Waals surface area contributed by atoms with Crippen LogP contribution in [0, 0.1) is 68.5 Å². The van der Waals surface area contributed by atoms with E-state index in [2.05, 4.69) is 44.7 Å². The third-order valence-electron chi connectivity index (χ3n) is 11.6. The average Bonchev–Trinajstić information content (AvgIpc) is 3.35. The second kappa shape index (κ2) is 6.66. The minimum absolute atomic E-state index is 0.0911. The van der Waals surface area contributed by atoms with Crippen molar-refractivity contribution in [2.75, 3.05) is 0 Å². The predicted molar refractivity (Wildman–Crippen MR) is 123 cm³/mol. The molecular formula is C27H40N2O2. The van der Waals surface area contributed by atoms with Crippen LogP contribution in [0.15, 0.2) is 5.18 Å². The zero-order valence-corrected chi connectivity index (χ0v) is 20.0. The quantitative estimate of drug-likeness (QED) is 0.491. The molecule has 170 valence electrons. The number of hydrogen-bond donors (Lipinski definition) is 1. The van der Waals surface area contributed by atoms with Gasteiger partial charge in [-0.3, -0.25) is 4.79 Å². The Morgan fingerprint density at radius 1 is 1.16 bits per heavy atom. The maximum Gasteiger partial charge on any atom is 0.156 e. The summed E-state index contributed by atoms with van der Waals surface area (Å²) in [6.45, 7) is 11.1. The molecule has 4 heteroatoms. The van der Waals surface area contributed by atoms with Crippen LogP contribution in [-0.2, 0) is 4.79 Å². The maximum absolute atomic E-state index is 13.9. The third kappa shape index (κ3) is 2.40. The second-order valence-corrected chi connectivity index (χ2v) is 12.4. The van der Waals surface area contributed by atoms with Gasteiger partial charge < -0.3 is 5.73 Å². The fraction of sp³-hybridized carbons (Fsp3) is 0.889. The van der Waals surface area contributed by atoms with E-state index in [0.29, 0.717) is 42.3 Å². The minimum Gasteiger partial charge on any atom is -0.318 e. The first-order valence-electron chi connectivity index (χ1n) is 12.7. The van der Waals surface area contributed by atoms with Gasteiger partial charge in [-0.15, -0.1) is 5.92 Å². The van der Waals surface area contributed by atoms with Gasteiger partial charge in [0.1, 0.15) is 0 Å². The normalized spacial score (nSPS) is 55.6. The predicted octanol–water partition coefficient (Wildman–Crippen LogP) is 5.34. The first-order valence-corrected chi connectivity index (χ1v) is 12.7. The van der Waals surface area contributed by atoms with Crippen molar-refractivity contribution in [1.29, 1.82) is 0 Å². The van der Waals surface area contributed by atoms with E-state index in [1.807, 2.05) is 6.92 Å². The lowest BCUT2D eigenvalue weighted by atomic mass is 9.40. The summed E-state index contributed by atoms with van der Waals surface area (Å²) < 4.78 is 0. The number of nitrogens with zero attached hydrogens (tertiary/aromatic N) is 1. The first-order chi connectivity index (χ1) is 14.6. The van der Waals surface area contributed by atoms with Gasteiger partial charge in [-0.1, -0.05) is 38.8 Å². The largest absolute Gasteiger partial charge is 0.318 e. The first kappa shape index (κ1) is 21.6. The van der Waals surface area contributed by atoms with Crippen molar-refractivity contribution < 1.29 is 4.79 Å². The van der Waals surface area contributed by atoms with E-state index in [0.717, 1.165) is 19.3 Å².